The van der Waals surface area contributed by atoms with Crippen molar-refractivity contribution in [2.75, 3.05) is 25.1 Å². The highest BCUT2D eigenvalue weighted by Crippen LogP contribution is 2.25. The molecule has 1 aromatic heterocycles. The number of methoxy groups -OCH3 is 1. The van der Waals surface area contributed by atoms with E-state index in [9.17, 15) is 5.26 Å². The van der Waals surface area contributed by atoms with Crippen LogP contribution >= 0.6 is 0 Å². The molecule has 2 heterocycles. The predicted molar refractivity (Wildman–Crippen MR) is 80.2 cm³/mol. The fraction of sp³-hybridized carbons (Fsp3) is 0.312. The Bertz CT molecular complexity index is 687. The minimum Gasteiger partial charge on any atom is -0.497 e. The summed E-state index contributed by atoms with van der Waals surface area (Å²) >= 11 is 0. The second kappa shape index (κ2) is 5.80. The molecule has 1 fully saturated rings. The van der Waals surface area contributed by atoms with E-state index in [1.165, 1.54) is 0 Å². The van der Waals surface area contributed by atoms with Crippen LogP contribution in [0.5, 0.6) is 5.75 Å². The normalized spacial score (nSPS) is 14.0. The lowest BCUT2D eigenvalue weighted by Crippen LogP contribution is -2.21. The van der Waals surface area contributed by atoms with Crippen molar-refractivity contribution in [2.24, 2.45) is 0 Å². The number of aromatic nitrogens is 2. The van der Waals surface area contributed by atoms with Crippen molar-refractivity contribution >= 4 is 5.95 Å². The first-order valence-corrected chi connectivity index (χ1v) is 6.99. The first-order valence-electron chi connectivity index (χ1n) is 6.99. The molecule has 0 amide bonds. The monoisotopic (exact) mass is 280 g/mol. The first kappa shape index (κ1) is 13.4. The van der Waals surface area contributed by atoms with Crippen molar-refractivity contribution in [3.63, 3.8) is 0 Å². The van der Waals surface area contributed by atoms with Gasteiger partial charge >= 0.3 is 0 Å². The molecule has 5 nitrogen and oxygen atoms in total. The average Bonchev–Trinajstić information content (AvgIpc) is 3.09. The van der Waals surface area contributed by atoms with Gasteiger partial charge in [0, 0.05) is 24.7 Å². The van der Waals surface area contributed by atoms with Gasteiger partial charge in [0.1, 0.15) is 17.5 Å². The number of hydrogen-bond acceptors (Lipinski definition) is 5. The van der Waals surface area contributed by atoms with Gasteiger partial charge in [0.25, 0.3) is 0 Å². The Morgan fingerprint density at radius 1 is 1.19 bits per heavy atom. The Hall–Kier alpha value is -2.61. The van der Waals surface area contributed by atoms with Crippen LogP contribution in [0.25, 0.3) is 11.3 Å². The number of rotatable bonds is 3. The summed E-state index contributed by atoms with van der Waals surface area (Å²) in [5, 5.41) is 9.19. The molecule has 5 heteroatoms. The van der Waals surface area contributed by atoms with Crippen LogP contribution in [0.2, 0.25) is 0 Å². The maximum Gasteiger partial charge on any atom is 0.227 e. The summed E-state index contributed by atoms with van der Waals surface area (Å²) in [4.78, 5) is 11.1. The fourth-order valence-corrected chi connectivity index (χ4v) is 2.48. The topological polar surface area (TPSA) is 62.0 Å². The van der Waals surface area contributed by atoms with Crippen molar-refractivity contribution in [3.05, 3.63) is 36.0 Å². The lowest BCUT2D eigenvalue weighted by molar-refractivity contribution is 0.415. The number of ether oxygens (including phenoxy) is 1. The third kappa shape index (κ3) is 2.79. The third-order valence-corrected chi connectivity index (χ3v) is 3.58. The van der Waals surface area contributed by atoms with Gasteiger partial charge in [-0.05, 0) is 25.0 Å². The standard InChI is InChI=1S/C16H16N4O/c1-21-14-6-4-5-12(9-14)15-10-13(11-17)18-16(19-15)20-7-2-3-8-20/h4-6,9-10H,2-3,7-8H2,1H3. The van der Waals surface area contributed by atoms with Gasteiger partial charge in [-0.3, -0.25) is 0 Å². The highest BCUT2D eigenvalue weighted by atomic mass is 16.5. The van der Waals surface area contributed by atoms with Crippen molar-refractivity contribution < 1.29 is 4.74 Å². The highest BCUT2D eigenvalue weighted by Gasteiger charge is 2.17. The van der Waals surface area contributed by atoms with Crippen LogP contribution in [0.1, 0.15) is 18.5 Å². The van der Waals surface area contributed by atoms with Crippen LogP contribution in [0.3, 0.4) is 0 Å². The van der Waals surface area contributed by atoms with E-state index in [1.807, 2.05) is 24.3 Å². The van der Waals surface area contributed by atoms with Crippen molar-refractivity contribution in [3.8, 4) is 23.1 Å². The van der Waals surface area contributed by atoms with Gasteiger partial charge in [-0.2, -0.15) is 5.26 Å². The second-order valence-corrected chi connectivity index (χ2v) is 4.98. The molecule has 0 bridgehead atoms. The smallest absolute Gasteiger partial charge is 0.227 e. The number of nitrogens with zero attached hydrogens (tertiary/aromatic N) is 4. The zero-order chi connectivity index (χ0) is 14.7. The largest absolute Gasteiger partial charge is 0.497 e. The Morgan fingerprint density at radius 2 is 2.00 bits per heavy atom. The van der Waals surface area contributed by atoms with Gasteiger partial charge in [-0.25, -0.2) is 9.97 Å². The molecule has 1 aliphatic rings. The van der Waals surface area contributed by atoms with E-state index in [0.717, 1.165) is 42.9 Å². The summed E-state index contributed by atoms with van der Waals surface area (Å²) < 4.78 is 5.24. The summed E-state index contributed by atoms with van der Waals surface area (Å²) in [6.45, 7) is 1.90. The summed E-state index contributed by atoms with van der Waals surface area (Å²) in [5.74, 6) is 1.41. The van der Waals surface area contributed by atoms with E-state index < -0.39 is 0 Å². The first-order chi connectivity index (χ1) is 10.3. The molecule has 0 N–H and O–H groups in total. The number of nitriles is 1. The fourth-order valence-electron chi connectivity index (χ4n) is 2.48. The van der Waals surface area contributed by atoms with Crippen LogP contribution in [0, 0.1) is 11.3 Å². The lowest BCUT2D eigenvalue weighted by atomic mass is 10.1. The van der Waals surface area contributed by atoms with E-state index in [2.05, 4.69) is 20.9 Å². The van der Waals surface area contributed by atoms with Crippen LogP contribution in [0.15, 0.2) is 30.3 Å². The summed E-state index contributed by atoms with van der Waals surface area (Å²) in [5.41, 5.74) is 2.07. The molecule has 0 atom stereocenters. The van der Waals surface area contributed by atoms with Gasteiger partial charge in [0.15, 0.2) is 0 Å². The molecule has 3 rings (SSSR count). The van der Waals surface area contributed by atoms with Crippen LogP contribution in [-0.4, -0.2) is 30.2 Å². The van der Waals surface area contributed by atoms with E-state index in [4.69, 9.17) is 4.74 Å². The molecule has 21 heavy (non-hydrogen) atoms. The lowest BCUT2D eigenvalue weighted by Gasteiger charge is -2.16. The Balaban J connectivity index is 2.04. The molecule has 0 unspecified atom stereocenters. The van der Waals surface area contributed by atoms with Crippen LogP contribution in [-0.2, 0) is 0 Å². The zero-order valence-corrected chi connectivity index (χ0v) is 11.9. The van der Waals surface area contributed by atoms with Gasteiger partial charge in [0.2, 0.25) is 5.95 Å². The molecule has 0 saturated carbocycles. The van der Waals surface area contributed by atoms with Crippen LogP contribution in [0.4, 0.5) is 5.95 Å². The molecule has 1 aliphatic heterocycles. The van der Waals surface area contributed by atoms with E-state index >= 15 is 0 Å². The number of hydrogen-bond donors (Lipinski definition) is 0. The Labute approximate surface area is 123 Å². The van der Waals surface area contributed by atoms with E-state index in [1.54, 1.807) is 13.2 Å². The van der Waals surface area contributed by atoms with Gasteiger partial charge in [-0.1, -0.05) is 12.1 Å². The maximum atomic E-state index is 9.19. The molecule has 2 aromatic rings. The van der Waals surface area contributed by atoms with Gasteiger partial charge < -0.3 is 9.64 Å². The van der Waals surface area contributed by atoms with Crippen LogP contribution < -0.4 is 9.64 Å². The quantitative estimate of drug-likeness (QED) is 0.865. The summed E-state index contributed by atoms with van der Waals surface area (Å²) in [6.07, 6.45) is 2.29. The summed E-state index contributed by atoms with van der Waals surface area (Å²) in [6, 6.07) is 11.5. The molecule has 0 radical (unpaired) electrons. The van der Waals surface area contributed by atoms with Gasteiger partial charge in [0.05, 0.1) is 12.8 Å². The molecular formula is C16H16N4O. The van der Waals surface area contributed by atoms with Gasteiger partial charge in [-0.15, -0.1) is 0 Å². The molecular weight excluding hydrogens is 264 g/mol. The maximum absolute atomic E-state index is 9.19. The second-order valence-electron chi connectivity index (χ2n) is 4.98. The van der Waals surface area contributed by atoms with Crippen molar-refractivity contribution in [2.45, 2.75) is 12.8 Å². The van der Waals surface area contributed by atoms with Crippen molar-refractivity contribution in [1.82, 2.24) is 9.97 Å². The third-order valence-electron chi connectivity index (χ3n) is 3.58. The molecule has 1 aromatic carbocycles. The molecule has 1 saturated heterocycles. The molecule has 0 spiro atoms. The minimum absolute atomic E-state index is 0.393. The van der Waals surface area contributed by atoms with E-state index in [0.29, 0.717) is 11.6 Å². The highest BCUT2D eigenvalue weighted by molar-refractivity contribution is 5.63. The Kier molecular flexibility index (Phi) is 3.69. The number of benzene rings is 1. The average molecular weight is 280 g/mol. The SMILES string of the molecule is COc1cccc(-c2cc(C#N)nc(N3CCCC3)n2)c1. The Morgan fingerprint density at radius 3 is 2.71 bits per heavy atom. The number of anilines is 1. The van der Waals surface area contributed by atoms with E-state index in [-0.39, 0.29) is 0 Å². The molecule has 106 valence electrons. The summed E-state index contributed by atoms with van der Waals surface area (Å²) in [7, 11) is 1.63. The zero-order valence-electron chi connectivity index (χ0n) is 11.9. The molecule has 0 aliphatic carbocycles. The predicted octanol–water partition coefficient (Wildman–Crippen LogP) is 2.62. The van der Waals surface area contributed by atoms with Crippen molar-refractivity contribution in [1.29, 1.82) is 5.26 Å². The minimum atomic E-state index is 0.393.